The average Bonchev–Trinajstić information content (AvgIpc) is 0.781. The molecule has 19 heteroatoms. The van der Waals surface area contributed by atoms with Crippen molar-refractivity contribution in [2.75, 3.05) is 26.4 Å². The number of allylic oxidation sites excluding steroid dienone is 11. The molecule has 17 atom stereocenters. The molecule has 3 aliphatic rings. The highest BCUT2D eigenvalue weighted by atomic mass is 16.8. The van der Waals surface area contributed by atoms with Crippen LogP contribution in [0.3, 0.4) is 0 Å². The first kappa shape index (κ1) is 94.4. The van der Waals surface area contributed by atoms with E-state index in [1.165, 1.54) is 218 Å². The minimum atomic E-state index is -1.98. The molecular formula is C84H151NO18. The van der Waals surface area contributed by atoms with Crippen molar-refractivity contribution in [3.63, 3.8) is 0 Å². The Kier molecular flexibility index (Phi) is 58.8. The lowest BCUT2D eigenvalue weighted by Crippen LogP contribution is -2.66. The third kappa shape index (κ3) is 43.9. The van der Waals surface area contributed by atoms with Gasteiger partial charge in [0.05, 0.1) is 38.6 Å². The Balaban J connectivity index is 1.34. The first-order valence-electron chi connectivity index (χ1n) is 41.7. The van der Waals surface area contributed by atoms with E-state index >= 15 is 0 Å². The molecule has 103 heavy (non-hydrogen) atoms. The summed E-state index contributed by atoms with van der Waals surface area (Å²) < 4.78 is 34.5. The molecule has 0 aliphatic carbocycles. The number of carbonyl (C=O) groups is 1. The number of amides is 1. The number of nitrogens with one attached hydrogen (secondary N) is 1. The van der Waals surface area contributed by atoms with Gasteiger partial charge in [0.15, 0.2) is 18.9 Å². The van der Waals surface area contributed by atoms with Crippen LogP contribution in [0.2, 0.25) is 0 Å². The molecule has 17 unspecified atom stereocenters. The van der Waals surface area contributed by atoms with E-state index < -0.39 is 124 Å². The zero-order valence-corrected chi connectivity index (χ0v) is 64.3. The third-order valence-corrected chi connectivity index (χ3v) is 20.5. The molecule has 0 aromatic heterocycles. The van der Waals surface area contributed by atoms with Crippen molar-refractivity contribution < 1.29 is 89.4 Å². The molecule has 0 saturated carbocycles. The summed E-state index contributed by atoms with van der Waals surface area (Å²) >= 11 is 0. The van der Waals surface area contributed by atoms with Crippen molar-refractivity contribution >= 4 is 5.91 Å². The molecule has 0 aromatic carbocycles. The predicted octanol–water partition coefficient (Wildman–Crippen LogP) is 14.4. The fourth-order valence-electron chi connectivity index (χ4n) is 13.9. The average molecular weight is 1460 g/mol. The maximum absolute atomic E-state index is 13.5. The lowest BCUT2D eigenvalue weighted by Gasteiger charge is -2.48. The summed E-state index contributed by atoms with van der Waals surface area (Å²) in [5.41, 5.74) is 0. The molecule has 3 heterocycles. The number of hydrogen-bond donors (Lipinski definition) is 12. The van der Waals surface area contributed by atoms with Crippen molar-refractivity contribution in [2.45, 2.75) is 426 Å². The van der Waals surface area contributed by atoms with E-state index in [0.29, 0.717) is 6.42 Å². The molecular weight excluding hydrogens is 1310 g/mol. The Labute approximate surface area is 623 Å². The largest absolute Gasteiger partial charge is 0.394 e. The first-order valence-corrected chi connectivity index (χ1v) is 41.7. The summed E-state index contributed by atoms with van der Waals surface area (Å²) in [4.78, 5) is 13.5. The van der Waals surface area contributed by atoms with Gasteiger partial charge in [0.2, 0.25) is 5.91 Å². The van der Waals surface area contributed by atoms with Crippen LogP contribution in [0, 0.1) is 0 Å². The maximum Gasteiger partial charge on any atom is 0.220 e. The van der Waals surface area contributed by atoms with Crippen LogP contribution in [0.1, 0.15) is 322 Å². The summed E-state index contributed by atoms with van der Waals surface area (Å²) in [5, 5.41) is 121. The Morgan fingerprint density at radius 3 is 1.05 bits per heavy atom. The van der Waals surface area contributed by atoms with E-state index in [2.05, 4.69) is 79.9 Å². The molecule has 0 spiro atoms. The fourth-order valence-corrected chi connectivity index (χ4v) is 13.9. The van der Waals surface area contributed by atoms with Crippen molar-refractivity contribution in [1.82, 2.24) is 5.32 Å². The molecule has 0 radical (unpaired) electrons. The number of aliphatic hydroxyl groups excluding tert-OH is 11. The lowest BCUT2D eigenvalue weighted by atomic mass is 9.96. The zero-order valence-electron chi connectivity index (χ0n) is 64.3. The number of aliphatic hydroxyl groups is 11. The van der Waals surface area contributed by atoms with Gasteiger partial charge < -0.3 is 89.9 Å². The van der Waals surface area contributed by atoms with Gasteiger partial charge in [-0.2, -0.15) is 0 Å². The molecule has 3 saturated heterocycles. The molecule has 3 aliphatic heterocycles. The molecule has 12 N–H and O–H groups in total. The van der Waals surface area contributed by atoms with Crippen LogP contribution in [0.4, 0.5) is 0 Å². The van der Waals surface area contributed by atoms with Crippen LogP contribution in [0.5, 0.6) is 0 Å². The van der Waals surface area contributed by atoms with Gasteiger partial charge in [-0.3, -0.25) is 4.79 Å². The monoisotopic (exact) mass is 1460 g/mol. The predicted molar refractivity (Wildman–Crippen MR) is 411 cm³/mol. The molecule has 600 valence electrons. The van der Waals surface area contributed by atoms with E-state index in [1.807, 2.05) is 6.08 Å². The summed E-state index contributed by atoms with van der Waals surface area (Å²) in [6, 6.07) is -0.976. The van der Waals surface area contributed by atoms with E-state index in [9.17, 15) is 61.0 Å². The minimum Gasteiger partial charge on any atom is -0.394 e. The maximum atomic E-state index is 13.5. The topological polar surface area (TPSA) is 307 Å². The molecule has 3 fully saturated rings. The second kappa shape index (κ2) is 64.1. The van der Waals surface area contributed by atoms with Gasteiger partial charge in [-0.15, -0.1) is 0 Å². The van der Waals surface area contributed by atoms with Gasteiger partial charge in [0, 0.05) is 6.42 Å². The Bertz CT molecular complexity index is 2140. The summed E-state index contributed by atoms with van der Waals surface area (Å²) in [5.74, 6) is -0.271. The third-order valence-electron chi connectivity index (χ3n) is 20.5. The molecule has 0 bridgehead atoms. The van der Waals surface area contributed by atoms with Gasteiger partial charge >= 0.3 is 0 Å². The number of carbonyl (C=O) groups excluding carboxylic acids is 1. The number of hydrogen-bond acceptors (Lipinski definition) is 18. The van der Waals surface area contributed by atoms with Crippen LogP contribution in [0.15, 0.2) is 72.9 Å². The van der Waals surface area contributed by atoms with Crippen molar-refractivity contribution in [2.24, 2.45) is 0 Å². The Morgan fingerprint density at radius 2 is 0.670 bits per heavy atom. The number of unbranched alkanes of at least 4 members (excludes halogenated alkanes) is 40. The van der Waals surface area contributed by atoms with Crippen molar-refractivity contribution in [3.05, 3.63) is 72.9 Å². The summed E-state index contributed by atoms with van der Waals surface area (Å²) in [6.45, 7) is 1.66. The molecule has 19 nitrogen and oxygen atoms in total. The van der Waals surface area contributed by atoms with E-state index in [4.69, 9.17) is 28.4 Å². The first-order chi connectivity index (χ1) is 50.3. The van der Waals surface area contributed by atoms with Crippen LogP contribution in [-0.4, -0.2) is 193 Å². The molecule has 3 rings (SSSR count). The van der Waals surface area contributed by atoms with Crippen molar-refractivity contribution in [3.8, 4) is 0 Å². The second-order valence-electron chi connectivity index (χ2n) is 29.6. The summed E-state index contributed by atoms with van der Waals surface area (Å²) in [6.07, 6.45) is 57.5. The van der Waals surface area contributed by atoms with E-state index in [-0.39, 0.29) is 18.9 Å². The van der Waals surface area contributed by atoms with Gasteiger partial charge in [-0.05, 0) is 64.2 Å². The number of rotatable bonds is 66. The van der Waals surface area contributed by atoms with Crippen molar-refractivity contribution in [1.29, 1.82) is 0 Å². The molecule has 1 amide bonds. The minimum absolute atomic E-state index is 0.244. The zero-order chi connectivity index (χ0) is 74.6. The lowest BCUT2D eigenvalue weighted by molar-refractivity contribution is -0.379. The van der Waals surface area contributed by atoms with Crippen LogP contribution < -0.4 is 5.32 Å². The van der Waals surface area contributed by atoms with Crippen LogP contribution in [0.25, 0.3) is 0 Å². The summed E-state index contributed by atoms with van der Waals surface area (Å²) in [7, 11) is 0. The normalized spacial score (nSPS) is 26.4. The van der Waals surface area contributed by atoms with Gasteiger partial charge in [-0.1, -0.05) is 324 Å². The van der Waals surface area contributed by atoms with Gasteiger partial charge in [0.25, 0.3) is 0 Å². The highest BCUT2D eigenvalue weighted by molar-refractivity contribution is 5.76. The van der Waals surface area contributed by atoms with Crippen LogP contribution in [-0.2, 0) is 33.2 Å². The smallest absolute Gasteiger partial charge is 0.220 e. The standard InChI is InChI=1S/C84H151NO18/c1-3-5-7-9-11-13-15-17-19-21-23-25-27-28-29-30-31-32-33-34-35-36-37-38-40-42-44-46-48-50-52-54-56-58-60-62-72(90)85-67(68(89)61-59-57-55-53-51-49-47-45-43-41-39-26-24-22-20-18-16-14-12-10-8-6-4-2)66-98-82-78(96)75(93)80(70(64-87)100-82)103-84-79(97)76(94)81(71(65-88)101-84)102-83-77(95)74(92)73(91)69(63-86)99-83/h5,7,11,13,17,19,23,25,28-29,59,61,67-71,73-84,86-89,91-97H,3-4,6,8-10,12,14-16,18,20-22,24,26-27,30-58,60,62-66H2,1-2H3,(H,85,90)/b7-5-,13-11-,19-17-,25-23-,29-28-,61-59+. The van der Waals surface area contributed by atoms with Gasteiger partial charge in [0.1, 0.15) is 73.2 Å². The fraction of sp³-hybridized carbons (Fsp3) is 0.845. The second-order valence-corrected chi connectivity index (χ2v) is 29.6. The van der Waals surface area contributed by atoms with Gasteiger partial charge in [-0.25, -0.2) is 0 Å². The van der Waals surface area contributed by atoms with Crippen LogP contribution >= 0.6 is 0 Å². The SMILES string of the molecule is CC/C=C\C/C=C\C/C=C\C/C=C\C/C=C\CCCCCCCCCCCCCCCCCCCCCC(=O)NC(COC1OC(CO)C(OC2OC(CO)C(OC3OC(CO)C(O)C(O)C3O)C(O)C2O)C(O)C1O)C(O)/C=C/CCCCCCCCCCCCCCCCCCCCCCC. The Morgan fingerprint density at radius 1 is 0.359 bits per heavy atom. The van der Waals surface area contributed by atoms with E-state index in [1.54, 1.807) is 6.08 Å². The molecule has 0 aromatic rings. The quantitative estimate of drug-likeness (QED) is 0.0199. The van der Waals surface area contributed by atoms with E-state index in [0.717, 1.165) is 77.0 Å². The number of ether oxygens (including phenoxy) is 6. The highest BCUT2D eigenvalue weighted by Gasteiger charge is 2.54. The highest BCUT2D eigenvalue weighted by Crippen LogP contribution is 2.33. The Hall–Kier alpha value is -2.77.